The highest BCUT2D eigenvalue weighted by molar-refractivity contribution is 5.38. The fourth-order valence-corrected chi connectivity index (χ4v) is 1.06. The van der Waals surface area contributed by atoms with Gasteiger partial charge in [-0.15, -0.1) is 0 Å². The smallest absolute Gasteiger partial charge is 0.0454 e. The van der Waals surface area contributed by atoms with Gasteiger partial charge in [-0.3, -0.25) is 4.98 Å². The number of nitrogens with two attached hydrogens (primary N) is 1. The van der Waals surface area contributed by atoms with Crippen molar-refractivity contribution >= 4 is 5.69 Å². The first-order valence-corrected chi connectivity index (χ1v) is 4.32. The van der Waals surface area contributed by atoms with E-state index in [2.05, 4.69) is 25.8 Å². The standard InChI is InChI=1S/C10H16N2/c1-7(2)8(3)10-6-9(11)4-5-12-10/h4-8H,1-3H3,(H2,11,12)/t8-/m0/s1. The molecule has 0 spiro atoms. The highest BCUT2D eigenvalue weighted by Gasteiger charge is 2.10. The SMILES string of the molecule is CC(C)[C@H](C)c1cc(N)ccn1. The van der Waals surface area contributed by atoms with E-state index < -0.39 is 0 Å². The van der Waals surface area contributed by atoms with Crippen molar-refractivity contribution < 1.29 is 0 Å². The van der Waals surface area contributed by atoms with Gasteiger partial charge in [0.1, 0.15) is 0 Å². The van der Waals surface area contributed by atoms with Gasteiger partial charge in [0, 0.05) is 23.5 Å². The molecule has 0 saturated carbocycles. The van der Waals surface area contributed by atoms with Crippen LogP contribution in [0.15, 0.2) is 18.3 Å². The third-order valence-electron chi connectivity index (χ3n) is 2.27. The average molecular weight is 164 g/mol. The summed E-state index contributed by atoms with van der Waals surface area (Å²) in [7, 11) is 0. The number of nitrogens with zero attached hydrogens (tertiary/aromatic N) is 1. The van der Waals surface area contributed by atoms with Crippen molar-refractivity contribution in [1.82, 2.24) is 4.98 Å². The Labute approximate surface area is 73.8 Å². The molecule has 1 rings (SSSR count). The largest absolute Gasteiger partial charge is 0.399 e. The second-order valence-corrected chi connectivity index (χ2v) is 3.55. The van der Waals surface area contributed by atoms with Gasteiger partial charge in [0.15, 0.2) is 0 Å². The molecule has 2 N–H and O–H groups in total. The van der Waals surface area contributed by atoms with Crippen LogP contribution < -0.4 is 5.73 Å². The summed E-state index contributed by atoms with van der Waals surface area (Å²) < 4.78 is 0. The minimum atomic E-state index is 0.480. The Balaban J connectivity index is 2.88. The van der Waals surface area contributed by atoms with Gasteiger partial charge in [-0.05, 0) is 18.1 Å². The number of anilines is 1. The molecule has 0 aliphatic heterocycles. The lowest BCUT2D eigenvalue weighted by Gasteiger charge is -2.14. The lowest BCUT2D eigenvalue weighted by molar-refractivity contribution is 0.524. The van der Waals surface area contributed by atoms with Crippen molar-refractivity contribution in [1.29, 1.82) is 0 Å². The Morgan fingerprint density at radius 2 is 2.00 bits per heavy atom. The van der Waals surface area contributed by atoms with E-state index in [0.29, 0.717) is 11.8 Å². The molecule has 0 bridgehead atoms. The third kappa shape index (κ3) is 1.97. The molecule has 66 valence electrons. The van der Waals surface area contributed by atoms with Gasteiger partial charge in [-0.1, -0.05) is 20.8 Å². The predicted molar refractivity (Wildman–Crippen MR) is 51.9 cm³/mol. The first-order valence-electron chi connectivity index (χ1n) is 4.32. The summed E-state index contributed by atoms with van der Waals surface area (Å²) in [6.45, 7) is 6.55. The molecule has 12 heavy (non-hydrogen) atoms. The molecule has 0 unspecified atom stereocenters. The summed E-state index contributed by atoms with van der Waals surface area (Å²) in [4.78, 5) is 4.28. The molecular formula is C10H16N2. The van der Waals surface area contributed by atoms with E-state index in [1.807, 2.05) is 12.1 Å². The van der Waals surface area contributed by atoms with Crippen LogP contribution in [0, 0.1) is 5.92 Å². The van der Waals surface area contributed by atoms with Crippen LogP contribution in [-0.2, 0) is 0 Å². The first-order chi connectivity index (χ1) is 5.61. The Hall–Kier alpha value is -1.05. The fourth-order valence-electron chi connectivity index (χ4n) is 1.06. The number of hydrogen-bond donors (Lipinski definition) is 1. The lowest BCUT2D eigenvalue weighted by atomic mass is 9.94. The number of aromatic nitrogens is 1. The van der Waals surface area contributed by atoms with Crippen LogP contribution in [0.4, 0.5) is 5.69 Å². The first kappa shape index (κ1) is 9.04. The summed E-state index contributed by atoms with van der Waals surface area (Å²) in [5, 5.41) is 0. The highest BCUT2D eigenvalue weighted by atomic mass is 14.7. The van der Waals surface area contributed by atoms with Crippen molar-refractivity contribution in [3.05, 3.63) is 24.0 Å². The Morgan fingerprint density at radius 1 is 1.33 bits per heavy atom. The zero-order chi connectivity index (χ0) is 9.14. The fraction of sp³-hybridized carbons (Fsp3) is 0.500. The van der Waals surface area contributed by atoms with Gasteiger partial charge in [0.2, 0.25) is 0 Å². The van der Waals surface area contributed by atoms with Crippen molar-refractivity contribution in [3.63, 3.8) is 0 Å². The summed E-state index contributed by atoms with van der Waals surface area (Å²) in [5.74, 6) is 1.09. The van der Waals surface area contributed by atoms with Crippen LogP contribution in [0.5, 0.6) is 0 Å². The highest BCUT2D eigenvalue weighted by Crippen LogP contribution is 2.22. The van der Waals surface area contributed by atoms with Crippen molar-refractivity contribution in [3.8, 4) is 0 Å². The third-order valence-corrected chi connectivity index (χ3v) is 2.27. The molecule has 0 aliphatic rings. The van der Waals surface area contributed by atoms with Crippen LogP contribution in [-0.4, -0.2) is 4.98 Å². The van der Waals surface area contributed by atoms with Gasteiger partial charge in [0.05, 0.1) is 0 Å². The quantitative estimate of drug-likeness (QED) is 0.729. The Morgan fingerprint density at radius 3 is 2.50 bits per heavy atom. The molecule has 2 heteroatoms. The maximum Gasteiger partial charge on any atom is 0.0454 e. The molecule has 1 heterocycles. The van der Waals surface area contributed by atoms with Crippen LogP contribution in [0.3, 0.4) is 0 Å². The van der Waals surface area contributed by atoms with Crippen LogP contribution in [0.25, 0.3) is 0 Å². The average Bonchev–Trinajstić information content (AvgIpc) is 2.03. The predicted octanol–water partition coefficient (Wildman–Crippen LogP) is 2.42. The van der Waals surface area contributed by atoms with Gasteiger partial charge >= 0.3 is 0 Å². The molecule has 1 atom stereocenters. The van der Waals surface area contributed by atoms with Gasteiger partial charge in [0.25, 0.3) is 0 Å². The second kappa shape index (κ2) is 3.57. The van der Waals surface area contributed by atoms with Crippen LogP contribution >= 0.6 is 0 Å². The maximum atomic E-state index is 5.66. The van der Waals surface area contributed by atoms with Gasteiger partial charge < -0.3 is 5.73 Å². The molecule has 1 aromatic rings. The molecule has 2 nitrogen and oxygen atoms in total. The zero-order valence-corrected chi connectivity index (χ0v) is 7.91. The second-order valence-electron chi connectivity index (χ2n) is 3.55. The Kier molecular flexibility index (Phi) is 2.69. The molecule has 0 aliphatic carbocycles. The minimum absolute atomic E-state index is 0.480. The summed E-state index contributed by atoms with van der Waals surface area (Å²) in [6.07, 6.45) is 1.77. The Bertz CT molecular complexity index is 256. The molecular weight excluding hydrogens is 148 g/mol. The molecule has 0 fully saturated rings. The topological polar surface area (TPSA) is 38.9 Å². The normalized spacial score (nSPS) is 13.3. The molecule has 1 aromatic heterocycles. The van der Waals surface area contributed by atoms with Crippen LogP contribution in [0.1, 0.15) is 32.4 Å². The maximum absolute atomic E-state index is 5.66. The molecule has 0 amide bonds. The van der Waals surface area contributed by atoms with Gasteiger partial charge in [-0.2, -0.15) is 0 Å². The number of pyridine rings is 1. The number of hydrogen-bond acceptors (Lipinski definition) is 2. The van der Waals surface area contributed by atoms with Crippen molar-refractivity contribution in [2.24, 2.45) is 5.92 Å². The van der Waals surface area contributed by atoms with Crippen molar-refractivity contribution in [2.75, 3.05) is 5.73 Å². The molecule has 0 saturated heterocycles. The van der Waals surface area contributed by atoms with E-state index in [0.717, 1.165) is 11.4 Å². The summed E-state index contributed by atoms with van der Waals surface area (Å²) in [5.41, 5.74) is 7.54. The lowest BCUT2D eigenvalue weighted by Crippen LogP contribution is -2.04. The number of nitrogen functional groups attached to an aromatic ring is 1. The minimum Gasteiger partial charge on any atom is -0.399 e. The van der Waals surface area contributed by atoms with E-state index >= 15 is 0 Å². The summed E-state index contributed by atoms with van der Waals surface area (Å²) in [6, 6.07) is 3.77. The monoisotopic (exact) mass is 164 g/mol. The van der Waals surface area contributed by atoms with E-state index in [1.165, 1.54) is 0 Å². The van der Waals surface area contributed by atoms with E-state index in [-0.39, 0.29) is 0 Å². The zero-order valence-electron chi connectivity index (χ0n) is 7.91. The van der Waals surface area contributed by atoms with Gasteiger partial charge in [-0.25, -0.2) is 0 Å². The van der Waals surface area contributed by atoms with E-state index in [1.54, 1.807) is 6.20 Å². The molecule has 0 radical (unpaired) electrons. The number of rotatable bonds is 2. The molecule has 0 aromatic carbocycles. The summed E-state index contributed by atoms with van der Waals surface area (Å²) >= 11 is 0. The van der Waals surface area contributed by atoms with Crippen molar-refractivity contribution in [2.45, 2.75) is 26.7 Å². The van der Waals surface area contributed by atoms with Crippen LogP contribution in [0.2, 0.25) is 0 Å². The van der Waals surface area contributed by atoms with E-state index in [4.69, 9.17) is 5.73 Å². The van der Waals surface area contributed by atoms with E-state index in [9.17, 15) is 0 Å².